The number of carbonyl (C=O) groups excluding carboxylic acids is 1. The van der Waals surface area contributed by atoms with Crippen molar-refractivity contribution in [2.24, 2.45) is 5.73 Å². The van der Waals surface area contributed by atoms with Gasteiger partial charge in [0.05, 0.1) is 17.8 Å². The van der Waals surface area contributed by atoms with Gasteiger partial charge >= 0.3 is 0 Å². The summed E-state index contributed by atoms with van der Waals surface area (Å²) < 4.78 is 5.16. The van der Waals surface area contributed by atoms with Gasteiger partial charge in [0, 0.05) is 12.5 Å². The van der Waals surface area contributed by atoms with Crippen molar-refractivity contribution in [1.29, 1.82) is 0 Å². The molecule has 0 aliphatic carbocycles. The van der Waals surface area contributed by atoms with E-state index in [9.17, 15) is 4.79 Å². The SMILES string of the molecule is COc1ccc(Cl)c(N[C@@H](Cc2ccccc2)C(N)=O)c1. The van der Waals surface area contributed by atoms with Gasteiger partial charge < -0.3 is 15.8 Å². The Kier molecular flexibility index (Phi) is 5.06. The molecule has 0 saturated heterocycles. The standard InChI is InChI=1S/C16H17ClN2O2/c1-21-12-7-8-13(17)14(10-12)19-15(16(18)20)9-11-5-3-2-4-6-11/h2-8,10,15,19H,9H2,1H3,(H2,18,20)/t15-/m0/s1. The number of halogens is 1. The van der Waals surface area contributed by atoms with Crippen molar-refractivity contribution < 1.29 is 9.53 Å². The van der Waals surface area contributed by atoms with Crippen molar-refractivity contribution in [3.63, 3.8) is 0 Å². The van der Waals surface area contributed by atoms with Crippen molar-refractivity contribution in [2.75, 3.05) is 12.4 Å². The monoisotopic (exact) mass is 304 g/mol. The summed E-state index contributed by atoms with van der Waals surface area (Å²) in [4.78, 5) is 11.7. The van der Waals surface area contributed by atoms with Crippen LogP contribution in [0, 0.1) is 0 Å². The van der Waals surface area contributed by atoms with Crippen LogP contribution in [0.5, 0.6) is 5.75 Å². The summed E-state index contributed by atoms with van der Waals surface area (Å²) in [7, 11) is 1.57. The lowest BCUT2D eigenvalue weighted by Gasteiger charge is -2.18. The smallest absolute Gasteiger partial charge is 0.240 e. The van der Waals surface area contributed by atoms with Crippen LogP contribution in [-0.2, 0) is 11.2 Å². The Balaban J connectivity index is 2.18. The minimum absolute atomic E-state index is 0.433. The lowest BCUT2D eigenvalue weighted by Crippen LogP contribution is -2.37. The van der Waals surface area contributed by atoms with Crippen molar-refractivity contribution in [2.45, 2.75) is 12.5 Å². The minimum atomic E-state index is -0.544. The van der Waals surface area contributed by atoms with Gasteiger partial charge in [-0.2, -0.15) is 0 Å². The first-order chi connectivity index (χ1) is 10.1. The number of benzene rings is 2. The maximum atomic E-state index is 11.7. The topological polar surface area (TPSA) is 64.3 Å². The van der Waals surface area contributed by atoms with E-state index in [-0.39, 0.29) is 0 Å². The number of nitrogens with one attached hydrogen (secondary N) is 1. The average Bonchev–Trinajstić information content (AvgIpc) is 2.49. The molecule has 3 N–H and O–H groups in total. The third kappa shape index (κ3) is 4.13. The van der Waals surface area contributed by atoms with E-state index >= 15 is 0 Å². The molecule has 2 aromatic carbocycles. The van der Waals surface area contributed by atoms with E-state index < -0.39 is 11.9 Å². The van der Waals surface area contributed by atoms with Gasteiger partial charge in [0.2, 0.25) is 5.91 Å². The molecule has 4 nitrogen and oxygen atoms in total. The molecule has 110 valence electrons. The quantitative estimate of drug-likeness (QED) is 0.862. The molecule has 2 aromatic rings. The minimum Gasteiger partial charge on any atom is -0.497 e. The van der Waals surface area contributed by atoms with Crippen molar-refractivity contribution in [3.05, 3.63) is 59.1 Å². The van der Waals surface area contributed by atoms with E-state index in [2.05, 4.69) is 5.32 Å². The molecule has 21 heavy (non-hydrogen) atoms. The highest BCUT2D eigenvalue weighted by molar-refractivity contribution is 6.33. The van der Waals surface area contributed by atoms with Crippen LogP contribution in [0.1, 0.15) is 5.56 Å². The highest BCUT2D eigenvalue weighted by Gasteiger charge is 2.17. The molecule has 0 heterocycles. The number of nitrogens with two attached hydrogens (primary N) is 1. The molecule has 0 saturated carbocycles. The highest BCUT2D eigenvalue weighted by Crippen LogP contribution is 2.27. The Hall–Kier alpha value is -2.20. The van der Waals surface area contributed by atoms with Crippen LogP contribution in [-0.4, -0.2) is 19.1 Å². The van der Waals surface area contributed by atoms with Gasteiger partial charge in [-0.1, -0.05) is 41.9 Å². The molecular weight excluding hydrogens is 288 g/mol. The van der Waals surface area contributed by atoms with Crippen LogP contribution in [0.3, 0.4) is 0 Å². The zero-order valence-corrected chi connectivity index (χ0v) is 12.4. The number of anilines is 1. The van der Waals surface area contributed by atoms with Crippen LogP contribution in [0.25, 0.3) is 0 Å². The van der Waals surface area contributed by atoms with Gasteiger partial charge in [-0.25, -0.2) is 0 Å². The number of ether oxygens (including phenoxy) is 1. The number of carbonyl (C=O) groups is 1. The lowest BCUT2D eigenvalue weighted by molar-refractivity contribution is -0.118. The normalized spacial score (nSPS) is 11.7. The Morgan fingerprint density at radius 2 is 2.00 bits per heavy atom. The Morgan fingerprint density at radius 3 is 2.62 bits per heavy atom. The van der Waals surface area contributed by atoms with E-state index in [1.807, 2.05) is 30.3 Å². The van der Waals surface area contributed by atoms with Crippen LogP contribution in [0.2, 0.25) is 5.02 Å². The molecule has 0 radical (unpaired) electrons. The molecule has 0 bridgehead atoms. The van der Waals surface area contributed by atoms with Gasteiger partial charge in [0.1, 0.15) is 11.8 Å². The Labute approximate surface area is 128 Å². The largest absolute Gasteiger partial charge is 0.497 e. The number of methoxy groups -OCH3 is 1. The number of hydrogen-bond donors (Lipinski definition) is 2. The van der Waals surface area contributed by atoms with Crippen molar-refractivity contribution in [3.8, 4) is 5.75 Å². The summed E-state index contributed by atoms with van der Waals surface area (Å²) in [5.41, 5.74) is 7.12. The summed E-state index contributed by atoms with van der Waals surface area (Å²) in [5, 5.41) is 3.59. The van der Waals surface area contributed by atoms with E-state index in [0.29, 0.717) is 22.9 Å². The molecular formula is C16H17ClN2O2. The van der Waals surface area contributed by atoms with Gasteiger partial charge in [-0.05, 0) is 17.7 Å². The molecule has 0 aliphatic heterocycles. The van der Waals surface area contributed by atoms with E-state index in [1.165, 1.54) is 0 Å². The molecule has 2 rings (SSSR count). The molecule has 0 spiro atoms. The summed E-state index contributed by atoms with van der Waals surface area (Å²) in [6.45, 7) is 0. The first-order valence-electron chi connectivity index (χ1n) is 6.53. The third-order valence-corrected chi connectivity index (χ3v) is 3.46. The predicted octanol–water partition coefficient (Wildman–Crippen LogP) is 2.86. The van der Waals surface area contributed by atoms with Gasteiger partial charge in [0.25, 0.3) is 0 Å². The van der Waals surface area contributed by atoms with Crippen LogP contribution < -0.4 is 15.8 Å². The average molecular weight is 305 g/mol. The summed E-state index contributed by atoms with van der Waals surface area (Å²) in [5.74, 6) is 0.225. The van der Waals surface area contributed by atoms with Crippen LogP contribution >= 0.6 is 11.6 Å². The fourth-order valence-corrected chi connectivity index (χ4v) is 2.17. The van der Waals surface area contributed by atoms with Gasteiger partial charge in [-0.15, -0.1) is 0 Å². The number of amides is 1. The van der Waals surface area contributed by atoms with Crippen LogP contribution in [0.15, 0.2) is 48.5 Å². The number of rotatable bonds is 6. The van der Waals surface area contributed by atoms with Gasteiger partial charge in [-0.3, -0.25) is 4.79 Å². The zero-order valence-electron chi connectivity index (χ0n) is 11.7. The van der Waals surface area contributed by atoms with Crippen LogP contribution in [0.4, 0.5) is 5.69 Å². The van der Waals surface area contributed by atoms with Crippen molar-refractivity contribution >= 4 is 23.2 Å². The molecule has 0 aliphatic rings. The maximum Gasteiger partial charge on any atom is 0.240 e. The van der Waals surface area contributed by atoms with Gasteiger partial charge in [0.15, 0.2) is 0 Å². The number of hydrogen-bond acceptors (Lipinski definition) is 3. The molecule has 1 atom stereocenters. The fourth-order valence-electron chi connectivity index (χ4n) is 2.00. The lowest BCUT2D eigenvalue weighted by atomic mass is 10.1. The number of primary amides is 1. The van der Waals surface area contributed by atoms with E-state index in [4.69, 9.17) is 22.1 Å². The zero-order chi connectivity index (χ0) is 15.2. The summed E-state index contributed by atoms with van der Waals surface area (Å²) in [6.07, 6.45) is 0.490. The van der Waals surface area contributed by atoms with Crippen molar-refractivity contribution in [1.82, 2.24) is 0 Å². The van der Waals surface area contributed by atoms with E-state index in [1.54, 1.807) is 25.3 Å². The second kappa shape index (κ2) is 6.99. The maximum absolute atomic E-state index is 11.7. The molecule has 0 fully saturated rings. The molecule has 0 unspecified atom stereocenters. The van der Waals surface area contributed by atoms with E-state index in [0.717, 1.165) is 5.56 Å². The summed E-state index contributed by atoms with van der Waals surface area (Å²) in [6, 6.07) is 14.3. The predicted molar refractivity (Wildman–Crippen MR) is 84.8 cm³/mol. The highest BCUT2D eigenvalue weighted by atomic mass is 35.5. The second-order valence-electron chi connectivity index (χ2n) is 4.63. The Morgan fingerprint density at radius 1 is 1.29 bits per heavy atom. The molecule has 5 heteroatoms. The molecule has 1 amide bonds. The molecule has 0 aromatic heterocycles. The second-order valence-corrected chi connectivity index (χ2v) is 5.04. The first kappa shape index (κ1) is 15.2. The first-order valence-corrected chi connectivity index (χ1v) is 6.91. The summed E-state index contributed by atoms with van der Waals surface area (Å²) >= 11 is 6.13. The third-order valence-electron chi connectivity index (χ3n) is 3.13. The Bertz CT molecular complexity index is 617. The fraction of sp³-hybridized carbons (Fsp3) is 0.188.